The Bertz CT molecular complexity index is 457. The first-order valence-corrected chi connectivity index (χ1v) is 5.68. The number of methoxy groups -OCH3 is 2. The molecule has 0 spiro atoms. The Morgan fingerprint density at radius 3 is 2.32 bits per heavy atom. The third-order valence-corrected chi connectivity index (χ3v) is 2.49. The molecule has 1 aromatic carbocycles. The van der Waals surface area contributed by atoms with E-state index in [4.69, 9.17) is 21.0 Å². The molecule has 0 heterocycles. The summed E-state index contributed by atoms with van der Waals surface area (Å²) in [7, 11) is 3.13. The van der Waals surface area contributed by atoms with E-state index in [0.717, 1.165) is 5.56 Å². The van der Waals surface area contributed by atoms with Crippen molar-refractivity contribution in [1.82, 2.24) is 4.90 Å². The highest BCUT2D eigenvalue weighted by Gasteiger charge is 2.11. The minimum atomic E-state index is -0.912. The van der Waals surface area contributed by atoms with Crippen LogP contribution in [0.25, 0.3) is 0 Å². The van der Waals surface area contributed by atoms with Gasteiger partial charge in [0.15, 0.2) is 0 Å². The van der Waals surface area contributed by atoms with Gasteiger partial charge in [-0.3, -0.25) is 9.69 Å². The Kier molecular flexibility index (Phi) is 5.71. The fourth-order valence-electron chi connectivity index (χ4n) is 1.70. The molecule has 5 nitrogen and oxygen atoms in total. The van der Waals surface area contributed by atoms with Crippen LogP contribution in [-0.4, -0.2) is 43.3 Å². The Morgan fingerprint density at radius 2 is 1.89 bits per heavy atom. The first-order valence-electron chi connectivity index (χ1n) is 5.68. The van der Waals surface area contributed by atoms with Crippen LogP contribution in [0.4, 0.5) is 0 Å². The molecular formula is C14H17NO4. The molecule has 0 amide bonds. The summed E-state index contributed by atoms with van der Waals surface area (Å²) in [6.07, 6.45) is 5.24. The minimum Gasteiger partial charge on any atom is -0.497 e. The van der Waals surface area contributed by atoms with Crippen molar-refractivity contribution in [3.8, 4) is 23.8 Å². The number of aliphatic carboxylic acids is 1. The van der Waals surface area contributed by atoms with Gasteiger partial charge in [-0.15, -0.1) is 6.42 Å². The molecule has 0 aromatic heterocycles. The highest BCUT2D eigenvalue weighted by Crippen LogP contribution is 2.23. The van der Waals surface area contributed by atoms with Crippen molar-refractivity contribution in [3.63, 3.8) is 0 Å². The maximum atomic E-state index is 10.8. The zero-order valence-electron chi connectivity index (χ0n) is 11.0. The molecule has 0 bridgehead atoms. The number of ether oxygens (including phenoxy) is 2. The average molecular weight is 263 g/mol. The maximum absolute atomic E-state index is 10.8. The Labute approximate surface area is 112 Å². The van der Waals surface area contributed by atoms with Crippen molar-refractivity contribution in [2.24, 2.45) is 0 Å². The van der Waals surface area contributed by atoms with E-state index in [1.807, 2.05) is 12.1 Å². The van der Waals surface area contributed by atoms with E-state index in [1.54, 1.807) is 25.2 Å². The van der Waals surface area contributed by atoms with Gasteiger partial charge in [-0.05, 0) is 17.7 Å². The van der Waals surface area contributed by atoms with E-state index in [0.29, 0.717) is 18.0 Å². The van der Waals surface area contributed by atoms with Gasteiger partial charge in [-0.1, -0.05) is 5.92 Å². The molecule has 1 N–H and O–H groups in total. The summed E-state index contributed by atoms with van der Waals surface area (Å²) >= 11 is 0. The summed E-state index contributed by atoms with van der Waals surface area (Å²) in [5, 5.41) is 8.83. The van der Waals surface area contributed by atoms with E-state index in [9.17, 15) is 4.79 Å². The number of terminal acetylenes is 1. The summed E-state index contributed by atoms with van der Waals surface area (Å²) in [6.45, 7) is 0.583. The summed E-state index contributed by atoms with van der Waals surface area (Å²) in [4.78, 5) is 12.4. The van der Waals surface area contributed by atoms with Gasteiger partial charge < -0.3 is 14.6 Å². The quantitative estimate of drug-likeness (QED) is 0.750. The molecule has 19 heavy (non-hydrogen) atoms. The van der Waals surface area contributed by atoms with Crippen LogP contribution in [0.5, 0.6) is 11.5 Å². The number of hydrogen-bond acceptors (Lipinski definition) is 4. The Morgan fingerprint density at radius 1 is 1.32 bits per heavy atom. The Hall–Kier alpha value is -2.19. The summed E-state index contributed by atoms with van der Waals surface area (Å²) in [5.41, 5.74) is 0.882. The highest BCUT2D eigenvalue weighted by molar-refractivity contribution is 5.69. The second kappa shape index (κ2) is 7.29. The van der Waals surface area contributed by atoms with Gasteiger partial charge in [0, 0.05) is 12.6 Å². The Balaban J connectivity index is 2.88. The van der Waals surface area contributed by atoms with Crippen molar-refractivity contribution >= 4 is 5.97 Å². The van der Waals surface area contributed by atoms with Crippen LogP contribution in [0.1, 0.15) is 5.56 Å². The van der Waals surface area contributed by atoms with Gasteiger partial charge >= 0.3 is 5.97 Å². The topological polar surface area (TPSA) is 59.0 Å². The monoisotopic (exact) mass is 263 g/mol. The molecule has 0 radical (unpaired) electrons. The van der Waals surface area contributed by atoms with Gasteiger partial charge in [-0.2, -0.15) is 0 Å². The minimum absolute atomic E-state index is 0.107. The molecule has 0 fully saturated rings. The van der Waals surface area contributed by atoms with Crippen molar-refractivity contribution in [2.75, 3.05) is 27.3 Å². The van der Waals surface area contributed by atoms with Gasteiger partial charge in [0.25, 0.3) is 0 Å². The lowest BCUT2D eigenvalue weighted by Crippen LogP contribution is -2.29. The van der Waals surface area contributed by atoms with Crippen molar-refractivity contribution in [2.45, 2.75) is 6.54 Å². The number of hydrogen-bond donors (Lipinski definition) is 1. The van der Waals surface area contributed by atoms with E-state index in [-0.39, 0.29) is 13.1 Å². The molecular weight excluding hydrogens is 246 g/mol. The van der Waals surface area contributed by atoms with Crippen LogP contribution < -0.4 is 9.47 Å². The molecule has 0 aliphatic heterocycles. The zero-order chi connectivity index (χ0) is 14.3. The predicted molar refractivity (Wildman–Crippen MR) is 71.3 cm³/mol. The number of carbonyl (C=O) groups is 1. The fraction of sp³-hybridized carbons (Fsp3) is 0.357. The number of carboxylic acids is 1. The van der Waals surface area contributed by atoms with Crippen LogP contribution in [0, 0.1) is 12.3 Å². The molecule has 1 aromatic rings. The molecule has 0 saturated heterocycles. The first kappa shape index (κ1) is 14.9. The number of carboxylic acid groups (broad SMARTS) is 1. The number of rotatable bonds is 7. The van der Waals surface area contributed by atoms with Crippen LogP contribution in [0.15, 0.2) is 18.2 Å². The normalized spacial score (nSPS) is 10.0. The summed E-state index contributed by atoms with van der Waals surface area (Å²) < 4.78 is 10.3. The van der Waals surface area contributed by atoms with Gasteiger partial charge in [0.1, 0.15) is 11.5 Å². The molecule has 0 aliphatic rings. The fourth-order valence-corrected chi connectivity index (χ4v) is 1.70. The summed E-state index contributed by atoms with van der Waals surface area (Å²) in [6, 6.07) is 5.41. The molecule has 0 aliphatic carbocycles. The first-order chi connectivity index (χ1) is 9.08. The highest BCUT2D eigenvalue weighted by atomic mass is 16.5. The maximum Gasteiger partial charge on any atom is 0.317 e. The van der Waals surface area contributed by atoms with Gasteiger partial charge in [0.05, 0.1) is 27.3 Å². The average Bonchev–Trinajstić information content (AvgIpc) is 2.37. The predicted octanol–water partition coefficient (Wildman–Crippen LogP) is 1.22. The molecule has 0 unspecified atom stereocenters. The van der Waals surface area contributed by atoms with Crippen LogP contribution in [-0.2, 0) is 11.3 Å². The number of nitrogens with zero attached hydrogens (tertiary/aromatic N) is 1. The van der Waals surface area contributed by atoms with E-state index >= 15 is 0 Å². The van der Waals surface area contributed by atoms with E-state index < -0.39 is 5.97 Å². The van der Waals surface area contributed by atoms with Crippen LogP contribution in [0.3, 0.4) is 0 Å². The molecule has 0 saturated carbocycles. The van der Waals surface area contributed by atoms with Crippen molar-refractivity contribution in [1.29, 1.82) is 0 Å². The van der Waals surface area contributed by atoms with Crippen molar-refractivity contribution < 1.29 is 19.4 Å². The number of benzene rings is 1. The zero-order valence-corrected chi connectivity index (χ0v) is 11.0. The standard InChI is InChI=1S/C14H17NO4/c1-4-5-15(10-14(16)17)9-11-6-12(18-2)8-13(7-11)19-3/h1,6-8H,5,9-10H2,2-3H3,(H,16,17). The van der Waals surface area contributed by atoms with Gasteiger partial charge in [0.2, 0.25) is 0 Å². The SMILES string of the molecule is C#CCN(CC(=O)O)Cc1cc(OC)cc(OC)c1. The second-order valence-corrected chi connectivity index (χ2v) is 3.96. The molecule has 5 heteroatoms. The lowest BCUT2D eigenvalue weighted by atomic mass is 10.2. The lowest BCUT2D eigenvalue weighted by Gasteiger charge is -2.18. The van der Waals surface area contributed by atoms with Gasteiger partial charge in [-0.25, -0.2) is 0 Å². The van der Waals surface area contributed by atoms with E-state index in [2.05, 4.69) is 5.92 Å². The second-order valence-electron chi connectivity index (χ2n) is 3.96. The summed E-state index contributed by atoms with van der Waals surface area (Å²) in [5.74, 6) is 2.85. The lowest BCUT2D eigenvalue weighted by molar-refractivity contribution is -0.138. The molecule has 1 rings (SSSR count). The van der Waals surface area contributed by atoms with Crippen LogP contribution in [0.2, 0.25) is 0 Å². The molecule has 0 atom stereocenters. The molecule has 102 valence electrons. The third kappa shape index (κ3) is 4.90. The largest absolute Gasteiger partial charge is 0.497 e. The smallest absolute Gasteiger partial charge is 0.317 e. The van der Waals surface area contributed by atoms with E-state index in [1.165, 1.54) is 0 Å². The third-order valence-electron chi connectivity index (χ3n) is 2.49. The van der Waals surface area contributed by atoms with Crippen LogP contribution >= 0.6 is 0 Å². The van der Waals surface area contributed by atoms with Crippen molar-refractivity contribution in [3.05, 3.63) is 23.8 Å².